The van der Waals surface area contributed by atoms with Gasteiger partial charge in [0.15, 0.2) is 0 Å². The van der Waals surface area contributed by atoms with Gasteiger partial charge < -0.3 is 10.6 Å². The maximum absolute atomic E-state index is 12.5. The third-order valence-corrected chi connectivity index (χ3v) is 3.88. The highest BCUT2D eigenvalue weighted by Crippen LogP contribution is 2.29. The summed E-state index contributed by atoms with van der Waals surface area (Å²) in [6.07, 6.45) is -2.26. The molecule has 0 aliphatic carbocycles. The molecular formula is C15H19F3N2O. The molecule has 1 aliphatic heterocycles. The lowest BCUT2D eigenvalue weighted by molar-refractivity contribution is -0.137. The molecule has 6 heteroatoms. The minimum absolute atomic E-state index is 0.00686. The zero-order chi connectivity index (χ0) is 15.5. The Kier molecular flexibility index (Phi) is 4.88. The lowest BCUT2D eigenvalue weighted by Crippen LogP contribution is -2.44. The van der Waals surface area contributed by atoms with Gasteiger partial charge in [-0.25, -0.2) is 0 Å². The summed E-state index contributed by atoms with van der Waals surface area (Å²) < 4.78 is 37.4. The van der Waals surface area contributed by atoms with Gasteiger partial charge in [-0.3, -0.25) is 4.79 Å². The first kappa shape index (κ1) is 15.8. The van der Waals surface area contributed by atoms with Crippen molar-refractivity contribution in [2.24, 2.45) is 5.92 Å². The van der Waals surface area contributed by atoms with Crippen LogP contribution < -0.4 is 10.6 Å². The topological polar surface area (TPSA) is 41.1 Å². The minimum Gasteiger partial charge on any atom is -0.349 e. The van der Waals surface area contributed by atoms with E-state index in [0.717, 1.165) is 38.1 Å². The van der Waals surface area contributed by atoms with Crippen molar-refractivity contribution in [2.75, 3.05) is 13.1 Å². The highest BCUT2D eigenvalue weighted by molar-refractivity contribution is 5.94. The summed E-state index contributed by atoms with van der Waals surface area (Å²) in [5, 5.41) is 6.14. The van der Waals surface area contributed by atoms with E-state index in [2.05, 4.69) is 10.6 Å². The third-order valence-electron chi connectivity index (χ3n) is 3.88. The normalized spacial score (nSPS) is 20.9. The molecule has 1 amide bonds. The van der Waals surface area contributed by atoms with Crippen molar-refractivity contribution in [3.05, 3.63) is 35.4 Å². The summed E-state index contributed by atoms with van der Waals surface area (Å²) >= 11 is 0. The Morgan fingerprint density at radius 3 is 2.52 bits per heavy atom. The summed E-state index contributed by atoms with van der Waals surface area (Å²) in [6, 6.07) is 4.28. The van der Waals surface area contributed by atoms with Crippen molar-refractivity contribution in [3.63, 3.8) is 0 Å². The fourth-order valence-electron chi connectivity index (χ4n) is 2.52. The SMILES string of the molecule is CC(NC(=O)c1ccc(C(F)(F)F)cc1)C1CCCNC1. The molecular weight excluding hydrogens is 281 g/mol. The number of hydrogen-bond donors (Lipinski definition) is 2. The molecule has 116 valence electrons. The Balaban J connectivity index is 1.96. The van der Waals surface area contributed by atoms with Gasteiger partial charge in [0, 0.05) is 11.6 Å². The Labute approximate surface area is 121 Å². The van der Waals surface area contributed by atoms with Gasteiger partial charge in [0.1, 0.15) is 0 Å². The minimum atomic E-state index is -4.38. The number of piperidine rings is 1. The van der Waals surface area contributed by atoms with E-state index in [-0.39, 0.29) is 17.5 Å². The molecule has 1 saturated heterocycles. The number of benzene rings is 1. The first-order chi connectivity index (χ1) is 9.88. The molecule has 2 atom stereocenters. The van der Waals surface area contributed by atoms with Crippen LogP contribution in [-0.2, 0) is 6.18 Å². The van der Waals surface area contributed by atoms with Crippen LogP contribution in [0.3, 0.4) is 0 Å². The van der Waals surface area contributed by atoms with Crippen molar-refractivity contribution in [1.29, 1.82) is 0 Å². The van der Waals surface area contributed by atoms with Crippen LogP contribution in [-0.4, -0.2) is 25.0 Å². The van der Waals surface area contributed by atoms with Crippen LogP contribution in [0.2, 0.25) is 0 Å². The van der Waals surface area contributed by atoms with Gasteiger partial charge in [-0.05, 0) is 63.0 Å². The summed E-state index contributed by atoms with van der Waals surface area (Å²) in [6.45, 7) is 3.78. The average molecular weight is 300 g/mol. The van der Waals surface area contributed by atoms with E-state index in [0.29, 0.717) is 5.92 Å². The van der Waals surface area contributed by atoms with Crippen LogP contribution >= 0.6 is 0 Å². The molecule has 1 heterocycles. The van der Waals surface area contributed by atoms with Crippen LogP contribution in [0.4, 0.5) is 13.2 Å². The molecule has 0 radical (unpaired) electrons. The van der Waals surface area contributed by atoms with E-state index >= 15 is 0 Å². The molecule has 2 rings (SSSR count). The number of carbonyl (C=O) groups is 1. The summed E-state index contributed by atoms with van der Waals surface area (Å²) in [5.74, 6) is 0.0268. The number of hydrogen-bond acceptors (Lipinski definition) is 2. The Morgan fingerprint density at radius 1 is 1.33 bits per heavy atom. The van der Waals surface area contributed by atoms with Gasteiger partial charge in [0.2, 0.25) is 0 Å². The molecule has 1 aromatic rings. The predicted molar refractivity (Wildman–Crippen MR) is 74.0 cm³/mol. The summed E-state index contributed by atoms with van der Waals surface area (Å²) in [5.41, 5.74) is -0.498. The lowest BCUT2D eigenvalue weighted by Gasteiger charge is -2.29. The smallest absolute Gasteiger partial charge is 0.349 e. The van der Waals surface area contributed by atoms with Gasteiger partial charge >= 0.3 is 6.18 Å². The van der Waals surface area contributed by atoms with Crippen molar-refractivity contribution < 1.29 is 18.0 Å². The van der Waals surface area contributed by atoms with E-state index < -0.39 is 11.7 Å². The van der Waals surface area contributed by atoms with Crippen molar-refractivity contribution in [2.45, 2.75) is 32.0 Å². The molecule has 2 unspecified atom stereocenters. The fraction of sp³-hybridized carbons (Fsp3) is 0.533. The summed E-state index contributed by atoms with van der Waals surface area (Å²) in [4.78, 5) is 12.0. The first-order valence-electron chi connectivity index (χ1n) is 7.07. The number of rotatable bonds is 3. The Hall–Kier alpha value is -1.56. The van der Waals surface area contributed by atoms with Gasteiger partial charge in [-0.2, -0.15) is 13.2 Å². The molecule has 1 fully saturated rings. The van der Waals surface area contributed by atoms with Crippen LogP contribution in [0.5, 0.6) is 0 Å². The number of carbonyl (C=O) groups excluding carboxylic acids is 1. The highest BCUT2D eigenvalue weighted by Gasteiger charge is 2.30. The molecule has 0 saturated carbocycles. The quantitative estimate of drug-likeness (QED) is 0.901. The van der Waals surface area contributed by atoms with Crippen LogP contribution in [0.1, 0.15) is 35.7 Å². The van der Waals surface area contributed by atoms with E-state index in [1.165, 1.54) is 12.1 Å². The third kappa shape index (κ3) is 4.20. The predicted octanol–water partition coefficient (Wildman–Crippen LogP) is 2.82. The molecule has 0 spiro atoms. The zero-order valence-electron chi connectivity index (χ0n) is 11.8. The van der Waals surface area contributed by atoms with Gasteiger partial charge in [0.25, 0.3) is 5.91 Å². The average Bonchev–Trinajstić information content (AvgIpc) is 2.47. The van der Waals surface area contributed by atoms with Gasteiger partial charge in [-0.15, -0.1) is 0 Å². The van der Waals surface area contributed by atoms with Crippen molar-refractivity contribution in [3.8, 4) is 0 Å². The van der Waals surface area contributed by atoms with Crippen molar-refractivity contribution in [1.82, 2.24) is 10.6 Å². The standard InChI is InChI=1S/C15H19F3N2O/c1-10(12-3-2-8-19-9-12)20-14(21)11-4-6-13(7-5-11)15(16,17)18/h4-7,10,12,19H,2-3,8-9H2,1H3,(H,20,21). The molecule has 0 bridgehead atoms. The number of halogens is 3. The fourth-order valence-corrected chi connectivity index (χ4v) is 2.52. The van der Waals surface area contributed by atoms with Gasteiger partial charge in [0.05, 0.1) is 5.56 Å². The second-order valence-corrected chi connectivity index (χ2v) is 5.44. The molecule has 0 aromatic heterocycles. The number of alkyl halides is 3. The Morgan fingerprint density at radius 2 is 2.00 bits per heavy atom. The molecule has 2 N–H and O–H groups in total. The maximum atomic E-state index is 12.5. The van der Waals surface area contributed by atoms with Gasteiger partial charge in [-0.1, -0.05) is 0 Å². The number of nitrogens with one attached hydrogen (secondary N) is 2. The molecule has 1 aliphatic rings. The first-order valence-corrected chi connectivity index (χ1v) is 7.07. The second-order valence-electron chi connectivity index (χ2n) is 5.44. The van der Waals surface area contributed by atoms with Crippen LogP contribution in [0.15, 0.2) is 24.3 Å². The van der Waals surface area contributed by atoms with Crippen LogP contribution in [0.25, 0.3) is 0 Å². The molecule has 21 heavy (non-hydrogen) atoms. The highest BCUT2D eigenvalue weighted by atomic mass is 19.4. The van der Waals surface area contributed by atoms with E-state index in [4.69, 9.17) is 0 Å². The van der Waals surface area contributed by atoms with E-state index in [9.17, 15) is 18.0 Å². The summed E-state index contributed by atoms with van der Waals surface area (Å²) in [7, 11) is 0. The second kappa shape index (κ2) is 6.47. The Bertz CT molecular complexity index is 479. The van der Waals surface area contributed by atoms with Crippen LogP contribution in [0, 0.1) is 5.92 Å². The number of amides is 1. The maximum Gasteiger partial charge on any atom is 0.416 e. The van der Waals surface area contributed by atoms with E-state index in [1.807, 2.05) is 6.92 Å². The molecule has 1 aromatic carbocycles. The largest absolute Gasteiger partial charge is 0.416 e. The van der Waals surface area contributed by atoms with Crippen molar-refractivity contribution >= 4 is 5.91 Å². The molecule has 3 nitrogen and oxygen atoms in total. The monoisotopic (exact) mass is 300 g/mol. The zero-order valence-corrected chi connectivity index (χ0v) is 11.8. The van der Waals surface area contributed by atoms with E-state index in [1.54, 1.807) is 0 Å². The lowest BCUT2D eigenvalue weighted by atomic mass is 9.92.